The monoisotopic (exact) mass is 272 g/mol. The Morgan fingerprint density at radius 1 is 1.11 bits per heavy atom. The summed E-state index contributed by atoms with van der Waals surface area (Å²) in [7, 11) is -1.98. The van der Waals surface area contributed by atoms with E-state index in [0.29, 0.717) is 5.56 Å². The maximum absolute atomic E-state index is 9.32. The van der Waals surface area contributed by atoms with Crippen molar-refractivity contribution >= 4 is 8.32 Å². The van der Waals surface area contributed by atoms with Gasteiger partial charge in [0.15, 0.2) is 14.4 Å². The minimum atomic E-state index is -1.98. The smallest absolute Gasteiger partial charge is 0.194 e. The van der Waals surface area contributed by atoms with E-state index < -0.39 is 14.4 Å². The van der Waals surface area contributed by atoms with Crippen LogP contribution in [0.3, 0.4) is 0 Å². The van der Waals surface area contributed by atoms with Gasteiger partial charge in [-0.3, -0.25) is 0 Å². The predicted molar refractivity (Wildman–Crippen MR) is 77.8 cm³/mol. The van der Waals surface area contributed by atoms with E-state index in [1.807, 2.05) is 0 Å². The van der Waals surface area contributed by atoms with Crippen molar-refractivity contribution in [3.05, 3.63) is 35.4 Å². The topological polar surface area (TPSA) is 56.8 Å². The molecule has 100 valence electrons. The molecule has 0 bridgehead atoms. The van der Waals surface area contributed by atoms with Crippen molar-refractivity contribution in [3.8, 4) is 12.1 Å². The summed E-state index contributed by atoms with van der Waals surface area (Å²) < 4.78 is 6.11. The van der Waals surface area contributed by atoms with Crippen molar-refractivity contribution in [2.45, 2.75) is 45.0 Å². The van der Waals surface area contributed by atoms with Gasteiger partial charge in [-0.15, -0.1) is 0 Å². The summed E-state index contributed by atoms with van der Waals surface area (Å²) in [6.45, 7) is 10.7. The Labute approximate surface area is 116 Å². The fourth-order valence-electron chi connectivity index (χ4n) is 1.37. The Morgan fingerprint density at radius 3 is 2.00 bits per heavy atom. The molecule has 0 aliphatic rings. The van der Waals surface area contributed by atoms with Crippen LogP contribution >= 0.6 is 0 Å². The second-order valence-electron chi connectivity index (χ2n) is 6.12. The van der Waals surface area contributed by atoms with Gasteiger partial charge in [-0.2, -0.15) is 10.5 Å². The highest BCUT2D eigenvalue weighted by molar-refractivity contribution is 6.74. The fraction of sp³-hybridized carbons (Fsp3) is 0.467. The Bertz CT molecular complexity index is 515. The van der Waals surface area contributed by atoms with E-state index in [9.17, 15) is 5.26 Å². The van der Waals surface area contributed by atoms with E-state index in [4.69, 9.17) is 9.69 Å². The molecule has 0 N–H and O–H groups in total. The lowest BCUT2D eigenvalue weighted by atomic mass is 10.1. The molecule has 1 atom stereocenters. The molecule has 0 aliphatic carbocycles. The summed E-state index contributed by atoms with van der Waals surface area (Å²) in [5.74, 6) is 0. The summed E-state index contributed by atoms with van der Waals surface area (Å²) in [5, 5.41) is 18.2. The highest BCUT2D eigenvalue weighted by Gasteiger charge is 2.39. The number of rotatable bonds is 3. The van der Waals surface area contributed by atoms with Gasteiger partial charge >= 0.3 is 0 Å². The third-order valence-electron chi connectivity index (χ3n) is 3.68. The highest BCUT2D eigenvalue weighted by atomic mass is 28.4. The molecular formula is C15H20N2OSi. The third-order valence-corrected chi connectivity index (χ3v) is 8.12. The molecule has 0 heterocycles. The molecule has 1 rings (SSSR count). The summed E-state index contributed by atoms with van der Waals surface area (Å²) >= 11 is 0. The predicted octanol–water partition coefficient (Wildman–Crippen LogP) is 4.14. The Kier molecular flexibility index (Phi) is 4.52. The van der Waals surface area contributed by atoms with Crippen LogP contribution in [0.25, 0.3) is 0 Å². The minimum absolute atomic E-state index is 0.0642. The molecule has 0 radical (unpaired) electrons. The fourth-order valence-corrected chi connectivity index (χ4v) is 2.50. The Morgan fingerprint density at radius 2 is 1.63 bits per heavy atom. The van der Waals surface area contributed by atoms with Crippen molar-refractivity contribution in [1.82, 2.24) is 0 Å². The second kappa shape index (κ2) is 5.57. The molecule has 0 fully saturated rings. The number of hydrogen-bond donors (Lipinski definition) is 0. The lowest BCUT2D eigenvalue weighted by Crippen LogP contribution is -2.41. The molecule has 3 nitrogen and oxygen atoms in total. The summed E-state index contributed by atoms with van der Waals surface area (Å²) in [5.41, 5.74) is 1.40. The van der Waals surface area contributed by atoms with Gasteiger partial charge in [0.2, 0.25) is 0 Å². The lowest BCUT2D eigenvalue weighted by Gasteiger charge is -2.37. The van der Waals surface area contributed by atoms with Gasteiger partial charge in [-0.05, 0) is 35.8 Å². The number of benzene rings is 1. The average molecular weight is 272 g/mol. The van der Waals surface area contributed by atoms with Gasteiger partial charge in [0, 0.05) is 0 Å². The second-order valence-corrected chi connectivity index (χ2v) is 10.9. The zero-order valence-electron chi connectivity index (χ0n) is 12.2. The van der Waals surface area contributed by atoms with Gasteiger partial charge in [0.05, 0.1) is 17.7 Å². The summed E-state index contributed by atoms with van der Waals surface area (Å²) in [4.78, 5) is 0. The van der Waals surface area contributed by atoms with E-state index in [-0.39, 0.29) is 5.04 Å². The van der Waals surface area contributed by atoms with Crippen molar-refractivity contribution in [1.29, 1.82) is 10.5 Å². The molecule has 0 saturated heterocycles. The van der Waals surface area contributed by atoms with Crippen LogP contribution in [0.15, 0.2) is 24.3 Å². The van der Waals surface area contributed by atoms with Crippen molar-refractivity contribution in [2.75, 3.05) is 0 Å². The first-order valence-electron chi connectivity index (χ1n) is 6.29. The zero-order valence-corrected chi connectivity index (χ0v) is 13.2. The molecule has 1 unspecified atom stereocenters. The first-order chi connectivity index (χ1) is 8.71. The van der Waals surface area contributed by atoms with Gasteiger partial charge in [-0.1, -0.05) is 32.9 Å². The molecule has 0 spiro atoms. The van der Waals surface area contributed by atoms with Crippen LogP contribution in [-0.4, -0.2) is 8.32 Å². The Balaban J connectivity index is 2.97. The first kappa shape index (κ1) is 15.4. The molecule has 1 aromatic carbocycles. The summed E-state index contributed by atoms with van der Waals surface area (Å²) in [6.07, 6.45) is -0.561. The standard InChI is InChI=1S/C15H20N2OSi/c1-15(2,3)19(4,5)18-14(11-17)13-8-6-12(10-16)7-9-13/h6-9,14H,1-5H3. The van der Waals surface area contributed by atoms with E-state index in [1.165, 1.54) is 0 Å². The molecule has 1 aromatic rings. The molecule has 0 amide bonds. The maximum Gasteiger partial charge on any atom is 0.194 e. The largest absolute Gasteiger partial charge is 0.398 e. The molecule has 0 aromatic heterocycles. The maximum atomic E-state index is 9.32. The van der Waals surface area contributed by atoms with Gasteiger partial charge < -0.3 is 4.43 Å². The first-order valence-corrected chi connectivity index (χ1v) is 9.19. The molecule has 0 aliphatic heterocycles. The van der Waals surface area contributed by atoms with Crippen molar-refractivity contribution < 1.29 is 4.43 Å². The molecule has 0 saturated carbocycles. The van der Waals surface area contributed by atoms with Crippen LogP contribution in [0, 0.1) is 22.7 Å². The van der Waals surface area contributed by atoms with E-state index in [2.05, 4.69) is 46.0 Å². The molecule has 19 heavy (non-hydrogen) atoms. The molecule has 4 heteroatoms. The van der Waals surface area contributed by atoms with Crippen LogP contribution in [-0.2, 0) is 4.43 Å². The van der Waals surface area contributed by atoms with E-state index in [1.54, 1.807) is 24.3 Å². The van der Waals surface area contributed by atoms with Gasteiger partial charge in [0.25, 0.3) is 0 Å². The minimum Gasteiger partial charge on any atom is -0.398 e. The number of nitrogens with zero attached hydrogens (tertiary/aromatic N) is 2. The van der Waals surface area contributed by atoms with Crippen LogP contribution in [0.5, 0.6) is 0 Å². The highest BCUT2D eigenvalue weighted by Crippen LogP contribution is 2.39. The Hall–Kier alpha value is -1.62. The number of nitriles is 2. The van der Waals surface area contributed by atoms with Gasteiger partial charge in [0.1, 0.15) is 0 Å². The molecular weight excluding hydrogens is 252 g/mol. The van der Waals surface area contributed by atoms with E-state index >= 15 is 0 Å². The van der Waals surface area contributed by atoms with Crippen LogP contribution in [0.2, 0.25) is 18.1 Å². The zero-order chi connectivity index (χ0) is 14.7. The summed E-state index contributed by atoms with van der Waals surface area (Å²) in [6, 6.07) is 11.3. The average Bonchev–Trinajstić information content (AvgIpc) is 2.35. The number of hydrogen-bond acceptors (Lipinski definition) is 3. The normalized spacial score (nSPS) is 13.4. The van der Waals surface area contributed by atoms with E-state index in [0.717, 1.165) is 5.56 Å². The van der Waals surface area contributed by atoms with Crippen LogP contribution < -0.4 is 0 Å². The van der Waals surface area contributed by atoms with Crippen LogP contribution in [0.1, 0.15) is 38.0 Å². The van der Waals surface area contributed by atoms with Crippen molar-refractivity contribution in [3.63, 3.8) is 0 Å². The van der Waals surface area contributed by atoms with Crippen LogP contribution in [0.4, 0.5) is 0 Å². The van der Waals surface area contributed by atoms with Crippen molar-refractivity contribution in [2.24, 2.45) is 0 Å². The quantitative estimate of drug-likeness (QED) is 0.777. The third kappa shape index (κ3) is 3.67. The lowest BCUT2D eigenvalue weighted by molar-refractivity contribution is 0.236. The SMILES string of the molecule is CC(C)(C)[Si](C)(C)OC(C#N)c1ccc(C#N)cc1. The van der Waals surface area contributed by atoms with Gasteiger partial charge in [-0.25, -0.2) is 0 Å².